The summed E-state index contributed by atoms with van der Waals surface area (Å²) in [5.41, 5.74) is 0. The number of esters is 3. The fraction of sp³-hybridized carbons (Fsp3) is 0.817. The molecule has 6 heteroatoms. The number of carbonyl (C=O) groups is 3. The molecule has 0 fully saturated rings. The van der Waals surface area contributed by atoms with Gasteiger partial charge in [-0.1, -0.05) is 332 Å². The van der Waals surface area contributed by atoms with Crippen molar-refractivity contribution in [3.63, 3.8) is 0 Å². The number of hydrogen-bond donors (Lipinski definition) is 0. The van der Waals surface area contributed by atoms with Crippen LogP contribution in [0.4, 0.5) is 0 Å². The molecule has 0 N–H and O–H groups in total. The van der Waals surface area contributed by atoms with Gasteiger partial charge in [0.1, 0.15) is 13.2 Å². The molecule has 1 unspecified atom stereocenters. The van der Waals surface area contributed by atoms with Crippen molar-refractivity contribution in [1.29, 1.82) is 0 Å². The molecule has 0 saturated heterocycles. The summed E-state index contributed by atoms with van der Waals surface area (Å²) in [5, 5.41) is 0. The summed E-state index contributed by atoms with van der Waals surface area (Å²) >= 11 is 0. The van der Waals surface area contributed by atoms with E-state index in [4.69, 9.17) is 14.2 Å². The standard InChI is InChI=1S/C71H128O6/c1-4-7-10-13-15-17-19-21-23-25-27-29-31-33-34-35-36-38-39-41-43-45-47-49-51-53-55-58-61-64-70(73)76-67-68(66-75-69(72)63-60-57-12-9-6-3)77-71(74)65-62-59-56-54-52-50-48-46-44-42-40-37-32-30-28-26-24-22-20-18-16-14-11-8-5-2/h8,11,16,18,22,24,28,30,37,40,68H,4-7,9-10,12-15,17,19-21,23,25-27,29,31-36,38-39,41-67H2,1-3H3/b11-8-,18-16-,24-22-,30-28-,40-37-. The summed E-state index contributed by atoms with van der Waals surface area (Å²) in [6.07, 6.45) is 84.5. The van der Waals surface area contributed by atoms with Gasteiger partial charge in [0.05, 0.1) is 0 Å². The molecule has 0 bridgehead atoms. The number of unbranched alkanes of at least 4 members (excludes halogenated alkanes) is 41. The molecule has 0 saturated carbocycles. The van der Waals surface area contributed by atoms with Gasteiger partial charge in [-0.3, -0.25) is 14.4 Å². The summed E-state index contributed by atoms with van der Waals surface area (Å²) in [6.45, 7) is 6.49. The lowest BCUT2D eigenvalue weighted by atomic mass is 10.0. The topological polar surface area (TPSA) is 78.9 Å². The third kappa shape index (κ3) is 63.8. The highest BCUT2D eigenvalue weighted by Gasteiger charge is 2.19. The first-order valence-electron chi connectivity index (χ1n) is 33.8. The molecule has 0 aromatic carbocycles. The van der Waals surface area contributed by atoms with Gasteiger partial charge in [0.2, 0.25) is 0 Å². The van der Waals surface area contributed by atoms with Gasteiger partial charge in [0, 0.05) is 19.3 Å². The van der Waals surface area contributed by atoms with E-state index in [1.54, 1.807) is 0 Å². The molecular weight excluding hydrogens is 949 g/mol. The molecule has 6 nitrogen and oxygen atoms in total. The SMILES string of the molecule is CC/C=C\C/C=C\C/C=C\C/C=C\C/C=C\CCCCCCCCCCCC(=O)OC(COC(=O)CCCCCCC)COC(=O)CCCCCCCCCCCCCCCCCCCCCCCCCCCCCCC. The first-order chi connectivity index (χ1) is 38.0. The molecule has 0 spiro atoms. The zero-order valence-corrected chi connectivity index (χ0v) is 51.5. The summed E-state index contributed by atoms with van der Waals surface area (Å²) in [5.74, 6) is -0.876. The molecule has 0 radical (unpaired) electrons. The largest absolute Gasteiger partial charge is 0.462 e. The van der Waals surface area contributed by atoms with E-state index in [1.807, 2.05) is 0 Å². The average molecular weight is 1080 g/mol. The third-order valence-corrected chi connectivity index (χ3v) is 15.0. The predicted octanol–water partition coefficient (Wildman–Crippen LogP) is 23.1. The van der Waals surface area contributed by atoms with E-state index in [-0.39, 0.29) is 31.1 Å². The third-order valence-electron chi connectivity index (χ3n) is 15.0. The van der Waals surface area contributed by atoms with E-state index in [0.29, 0.717) is 19.3 Å². The number of hydrogen-bond acceptors (Lipinski definition) is 6. The molecule has 0 amide bonds. The molecule has 0 aliphatic carbocycles. The lowest BCUT2D eigenvalue weighted by molar-refractivity contribution is -0.167. The van der Waals surface area contributed by atoms with Crippen molar-refractivity contribution in [2.24, 2.45) is 0 Å². The van der Waals surface area contributed by atoms with Crippen LogP contribution in [0.15, 0.2) is 60.8 Å². The smallest absolute Gasteiger partial charge is 0.306 e. The Morgan fingerprint density at radius 2 is 0.506 bits per heavy atom. The van der Waals surface area contributed by atoms with Crippen LogP contribution in [0.2, 0.25) is 0 Å². The van der Waals surface area contributed by atoms with Crippen LogP contribution in [0.3, 0.4) is 0 Å². The van der Waals surface area contributed by atoms with Gasteiger partial charge in [-0.2, -0.15) is 0 Å². The van der Waals surface area contributed by atoms with Gasteiger partial charge in [0.25, 0.3) is 0 Å². The second kappa shape index (κ2) is 65.6. The fourth-order valence-corrected chi connectivity index (χ4v) is 10.0. The summed E-state index contributed by atoms with van der Waals surface area (Å²) < 4.78 is 16.8. The lowest BCUT2D eigenvalue weighted by Gasteiger charge is -2.18. The van der Waals surface area contributed by atoms with Crippen LogP contribution in [0, 0.1) is 0 Å². The second-order valence-electron chi connectivity index (χ2n) is 22.7. The van der Waals surface area contributed by atoms with E-state index >= 15 is 0 Å². The predicted molar refractivity (Wildman–Crippen MR) is 335 cm³/mol. The molecular formula is C71H128O6. The zero-order valence-electron chi connectivity index (χ0n) is 51.5. The quantitative estimate of drug-likeness (QED) is 0.0261. The second-order valence-corrected chi connectivity index (χ2v) is 22.7. The van der Waals surface area contributed by atoms with Crippen molar-refractivity contribution in [2.45, 2.75) is 361 Å². The molecule has 0 rings (SSSR count). The minimum Gasteiger partial charge on any atom is -0.462 e. The van der Waals surface area contributed by atoms with Crippen LogP contribution in [0.5, 0.6) is 0 Å². The Labute approximate surface area is 479 Å². The first kappa shape index (κ1) is 74.1. The molecule has 0 aliphatic rings. The monoisotopic (exact) mass is 1080 g/mol. The Morgan fingerprint density at radius 1 is 0.273 bits per heavy atom. The Kier molecular flexibility index (Phi) is 63.2. The highest BCUT2D eigenvalue weighted by molar-refractivity contribution is 5.71. The normalized spacial score (nSPS) is 12.4. The van der Waals surface area contributed by atoms with Gasteiger partial charge >= 0.3 is 17.9 Å². The first-order valence-corrected chi connectivity index (χ1v) is 33.8. The molecule has 0 aromatic heterocycles. The van der Waals surface area contributed by atoms with Crippen molar-refractivity contribution in [1.82, 2.24) is 0 Å². The van der Waals surface area contributed by atoms with Crippen molar-refractivity contribution in [3.8, 4) is 0 Å². The van der Waals surface area contributed by atoms with Crippen molar-refractivity contribution in [2.75, 3.05) is 13.2 Å². The Morgan fingerprint density at radius 3 is 0.792 bits per heavy atom. The van der Waals surface area contributed by atoms with Gasteiger partial charge in [-0.25, -0.2) is 0 Å². The Hall–Kier alpha value is -2.89. The van der Waals surface area contributed by atoms with Crippen LogP contribution >= 0.6 is 0 Å². The maximum absolute atomic E-state index is 12.8. The number of rotatable bonds is 62. The van der Waals surface area contributed by atoms with E-state index in [0.717, 1.165) is 103 Å². The van der Waals surface area contributed by atoms with Gasteiger partial charge in [0.15, 0.2) is 6.10 Å². The van der Waals surface area contributed by atoms with E-state index in [2.05, 4.69) is 81.5 Å². The molecule has 448 valence electrons. The van der Waals surface area contributed by atoms with E-state index < -0.39 is 6.10 Å². The van der Waals surface area contributed by atoms with Crippen molar-refractivity contribution in [3.05, 3.63) is 60.8 Å². The highest BCUT2D eigenvalue weighted by atomic mass is 16.6. The van der Waals surface area contributed by atoms with Crippen molar-refractivity contribution >= 4 is 17.9 Å². The maximum atomic E-state index is 12.8. The number of allylic oxidation sites excluding steroid dienone is 10. The van der Waals surface area contributed by atoms with Gasteiger partial charge in [-0.05, 0) is 64.2 Å². The molecule has 0 heterocycles. The number of carbonyl (C=O) groups excluding carboxylic acids is 3. The molecule has 1 atom stereocenters. The zero-order chi connectivity index (χ0) is 55.7. The maximum Gasteiger partial charge on any atom is 0.306 e. The minimum atomic E-state index is -0.773. The average Bonchev–Trinajstić information content (AvgIpc) is 3.43. The number of ether oxygens (including phenoxy) is 3. The highest BCUT2D eigenvalue weighted by Crippen LogP contribution is 2.18. The van der Waals surface area contributed by atoms with Gasteiger partial charge < -0.3 is 14.2 Å². The van der Waals surface area contributed by atoms with Crippen LogP contribution in [0.1, 0.15) is 355 Å². The van der Waals surface area contributed by atoms with Crippen LogP contribution in [0.25, 0.3) is 0 Å². The molecule has 0 aromatic rings. The van der Waals surface area contributed by atoms with Crippen LogP contribution < -0.4 is 0 Å². The van der Waals surface area contributed by atoms with E-state index in [9.17, 15) is 14.4 Å². The fourth-order valence-electron chi connectivity index (χ4n) is 10.0. The summed E-state index contributed by atoms with van der Waals surface area (Å²) in [4.78, 5) is 38.0. The molecule has 0 aliphatic heterocycles. The summed E-state index contributed by atoms with van der Waals surface area (Å²) in [7, 11) is 0. The molecule has 77 heavy (non-hydrogen) atoms. The van der Waals surface area contributed by atoms with Gasteiger partial charge in [-0.15, -0.1) is 0 Å². The summed E-state index contributed by atoms with van der Waals surface area (Å²) in [6, 6.07) is 0. The Balaban J connectivity index is 3.97. The minimum absolute atomic E-state index is 0.0732. The van der Waals surface area contributed by atoms with E-state index in [1.165, 1.54) is 212 Å². The Bertz CT molecular complexity index is 1380. The van der Waals surface area contributed by atoms with Crippen LogP contribution in [-0.4, -0.2) is 37.2 Å². The van der Waals surface area contributed by atoms with Crippen LogP contribution in [-0.2, 0) is 28.6 Å². The van der Waals surface area contributed by atoms with Crippen molar-refractivity contribution < 1.29 is 28.6 Å². The lowest BCUT2D eigenvalue weighted by Crippen LogP contribution is -2.30.